The van der Waals surface area contributed by atoms with Crippen molar-refractivity contribution in [1.29, 1.82) is 0 Å². The van der Waals surface area contributed by atoms with Gasteiger partial charge in [-0.1, -0.05) is 43.3 Å². The highest BCUT2D eigenvalue weighted by molar-refractivity contribution is 5.95. The van der Waals surface area contributed by atoms with Gasteiger partial charge in [-0.15, -0.1) is 0 Å². The average molecular weight is 392 g/mol. The Morgan fingerprint density at radius 1 is 1.10 bits per heavy atom. The van der Waals surface area contributed by atoms with Gasteiger partial charge in [-0.2, -0.15) is 5.10 Å². The molecule has 29 heavy (non-hydrogen) atoms. The number of carbonyl (C=O) groups excluding carboxylic acids is 2. The zero-order valence-corrected chi connectivity index (χ0v) is 16.6. The molecule has 0 saturated heterocycles. The molecule has 0 bridgehead atoms. The summed E-state index contributed by atoms with van der Waals surface area (Å²) in [5, 5.41) is 8.17. The number of aromatic nitrogens is 2. The monoisotopic (exact) mass is 392 g/mol. The van der Waals surface area contributed by atoms with Crippen molar-refractivity contribution < 1.29 is 9.59 Å². The lowest BCUT2D eigenvalue weighted by Crippen LogP contribution is -2.42. The molecule has 0 unspecified atom stereocenters. The highest BCUT2D eigenvalue weighted by atomic mass is 16.2. The van der Waals surface area contributed by atoms with E-state index < -0.39 is 0 Å². The molecule has 2 aromatic carbocycles. The van der Waals surface area contributed by atoms with Gasteiger partial charge in [0, 0.05) is 17.6 Å². The molecule has 3 aromatic rings. The molecule has 0 atom stereocenters. The number of rotatable bonds is 7. The number of para-hydroxylation sites is 1. The number of hydrogen-bond acceptors (Lipinski definition) is 4. The van der Waals surface area contributed by atoms with Crippen LogP contribution in [0.4, 0.5) is 5.69 Å². The molecular weight excluding hydrogens is 368 g/mol. The van der Waals surface area contributed by atoms with Crippen molar-refractivity contribution in [3.63, 3.8) is 0 Å². The summed E-state index contributed by atoms with van der Waals surface area (Å²) in [7, 11) is 0. The van der Waals surface area contributed by atoms with E-state index in [0.29, 0.717) is 24.0 Å². The van der Waals surface area contributed by atoms with Crippen LogP contribution in [0.25, 0.3) is 10.8 Å². The maximum absolute atomic E-state index is 12.8. The summed E-state index contributed by atoms with van der Waals surface area (Å²) in [5.41, 5.74) is 1.34. The lowest BCUT2D eigenvalue weighted by molar-refractivity contribution is -0.135. The highest BCUT2D eigenvalue weighted by Crippen LogP contribution is 2.13. The maximum atomic E-state index is 12.8. The standard InChI is InChI=1S/C22H24N4O3/c1-3-12-25(14-20(27)24-19-11-7-4-8-16(19)2)21(28)15-26-22(29)18-10-6-5-9-17(18)13-23-26/h4-11,13H,3,12,14-15H2,1-2H3,(H,24,27). The smallest absolute Gasteiger partial charge is 0.275 e. The van der Waals surface area contributed by atoms with E-state index in [0.717, 1.165) is 15.6 Å². The first-order valence-corrected chi connectivity index (χ1v) is 9.57. The van der Waals surface area contributed by atoms with Gasteiger partial charge in [0.05, 0.1) is 18.1 Å². The number of fused-ring (bicyclic) bond motifs is 1. The van der Waals surface area contributed by atoms with E-state index in [2.05, 4.69) is 10.4 Å². The maximum Gasteiger partial charge on any atom is 0.275 e. The fourth-order valence-electron chi connectivity index (χ4n) is 3.11. The van der Waals surface area contributed by atoms with Crippen molar-refractivity contribution in [2.24, 2.45) is 0 Å². The van der Waals surface area contributed by atoms with Crippen LogP contribution in [0.5, 0.6) is 0 Å². The van der Waals surface area contributed by atoms with Crippen molar-refractivity contribution in [3.05, 3.63) is 70.6 Å². The number of nitrogens with zero attached hydrogens (tertiary/aromatic N) is 3. The second kappa shape index (κ2) is 9.14. The molecule has 0 spiro atoms. The zero-order chi connectivity index (χ0) is 20.8. The first-order valence-electron chi connectivity index (χ1n) is 9.57. The molecule has 7 heteroatoms. The van der Waals surface area contributed by atoms with Gasteiger partial charge in [0.15, 0.2) is 0 Å². The van der Waals surface area contributed by atoms with Crippen LogP contribution in [0.15, 0.2) is 59.5 Å². The van der Waals surface area contributed by atoms with E-state index in [9.17, 15) is 14.4 Å². The van der Waals surface area contributed by atoms with Crippen molar-refractivity contribution in [2.45, 2.75) is 26.8 Å². The second-order valence-corrected chi connectivity index (χ2v) is 6.87. The van der Waals surface area contributed by atoms with Gasteiger partial charge in [0.25, 0.3) is 5.56 Å². The van der Waals surface area contributed by atoms with Crippen LogP contribution in [0, 0.1) is 6.92 Å². The van der Waals surface area contributed by atoms with E-state index in [1.165, 1.54) is 4.90 Å². The van der Waals surface area contributed by atoms with E-state index in [1.807, 2.05) is 44.2 Å². The molecule has 1 N–H and O–H groups in total. The number of benzene rings is 2. The van der Waals surface area contributed by atoms with Gasteiger partial charge in [-0.05, 0) is 31.0 Å². The molecule has 1 heterocycles. The second-order valence-electron chi connectivity index (χ2n) is 6.87. The molecule has 1 aromatic heterocycles. The third-order valence-corrected chi connectivity index (χ3v) is 4.65. The van der Waals surface area contributed by atoms with Crippen molar-refractivity contribution in [1.82, 2.24) is 14.7 Å². The Hall–Kier alpha value is -3.48. The molecule has 0 aliphatic carbocycles. The summed E-state index contributed by atoms with van der Waals surface area (Å²) in [6.07, 6.45) is 2.27. The number of aryl methyl sites for hydroxylation is 1. The summed E-state index contributed by atoms with van der Waals surface area (Å²) in [4.78, 5) is 39.3. The summed E-state index contributed by atoms with van der Waals surface area (Å²) in [6.45, 7) is 3.97. The average Bonchev–Trinajstić information content (AvgIpc) is 2.71. The van der Waals surface area contributed by atoms with Gasteiger partial charge in [0.2, 0.25) is 11.8 Å². The Morgan fingerprint density at radius 3 is 2.59 bits per heavy atom. The lowest BCUT2D eigenvalue weighted by Gasteiger charge is -2.22. The Balaban J connectivity index is 1.72. The van der Waals surface area contributed by atoms with Crippen LogP contribution in [0.3, 0.4) is 0 Å². The Morgan fingerprint density at radius 2 is 1.83 bits per heavy atom. The van der Waals surface area contributed by atoms with Crippen LogP contribution in [-0.2, 0) is 16.1 Å². The van der Waals surface area contributed by atoms with E-state index >= 15 is 0 Å². The molecule has 3 rings (SSSR count). The van der Waals surface area contributed by atoms with Gasteiger partial charge >= 0.3 is 0 Å². The van der Waals surface area contributed by atoms with E-state index in [-0.39, 0.29) is 30.5 Å². The number of amides is 2. The fourth-order valence-corrected chi connectivity index (χ4v) is 3.11. The lowest BCUT2D eigenvalue weighted by atomic mass is 10.2. The topological polar surface area (TPSA) is 84.3 Å². The summed E-state index contributed by atoms with van der Waals surface area (Å²) in [5.74, 6) is -0.600. The van der Waals surface area contributed by atoms with Crippen LogP contribution in [-0.4, -0.2) is 39.6 Å². The quantitative estimate of drug-likeness (QED) is 0.670. The Kier molecular flexibility index (Phi) is 6.39. The molecule has 0 radical (unpaired) electrons. The van der Waals surface area contributed by atoms with Crippen molar-refractivity contribution in [3.8, 4) is 0 Å². The molecule has 0 aliphatic heterocycles. The predicted molar refractivity (Wildman–Crippen MR) is 113 cm³/mol. The molecule has 150 valence electrons. The fraction of sp³-hybridized carbons (Fsp3) is 0.273. The molecular formula is C22H24N4O3. The summed E-state index contributed by atoms with van der Waals surface area (Å²) in [6, 6.07) is 14.6. The minimum atomic E-state index is -0.323. The largest absolute Gasteiger partial charge is 0.332 e. The Bertz CT molecular complexity index is 1090. The summed E-state index contributed by atoms with van der Waals surface area (Å²) >= 11 is 0. The number of nitrogens with one attached hydrogen (secondary N) is 1. The van der Waals surface area contributed by atoms with E-state index in [4.69, 9.17) is 0 Å². The normalized spacial score (nSPS) is 10.7. The van der Waals surface area contributed by atoms with Crippen LogP contribution in [0.2, 0.25) is 0 Å². The van der Waals surface area contributed by atoms with Crippen molar-refractivity contribution >= 4 is 28.3 Å². The van der Waals surface area contributed by atoms with Crippen molar-refractivity contribution in [2.75, 3.05) is 18.4 Å². The first kappa shape index (κ1) is 20.3. The van der Waals surface area contributed by atoms with Crippen LogP contribution < -0.4 is 10.9 Å². The molecule has 7 nitrogen and oxygen atoms in total. The minimum Gasteiger partial charge on any atom is -0.332 e. The predicted octanol–water partition coefficient (Wildman–Crippen LogP) is 2.58. The third kappa shape index (κ3) is 4.87. The molecule has 0 aliphatic rings. The number of carbonyl (C=O) groups is 2. The minimum absolute atomic E-state index is 0.0800. The SMILES string of the molecule is CCCN(CC(=O)Nc1ccccc1C)C(=O)Cn1ncc2ccccc2c1=O. The van der Waals surface area contributed by atoms with Crippen LogP contribution >= 0.6 is 0 Å². The molecule has 0 fully saturated rings. The zero-order valence-electron chi connectivity index (χ0n) is 16.6. The summed E-state index contributed by atoms with van der Waals surface area (Å²) < 4.78 is 1.15. The molecule has 2 amide bonds. The third-order valence-electron chi connectivity index (χ3n) is 4.65. The van der Waals surface area contributed by atoms with Gasteiger partial charge in [-0.3, -0.25) is 14.4 Å². The number of anilines is 1. The van der Waals surface area contributed by atoms with Gasteiger partial charge < -0.3 is 10.2 Å². The highest BCUT2D eigenvalue weighted by Gasteiger charge is 2.18. The van der Waals surface area contributed by atoms with Crippen LogP contribution in [0.1, 0.15) is 18.9 Å². The van der Waals surface area contributed by atoms with E-state index in [1.54, 1.807) is 24.4 Å². The number of hydrogen-bond donors (Lipinski definition) is 1. The first-order chi connectivity index (χ1) is 14.0. The van der Waals surface area contributed by atoms with Gasteiger partial charge in [-0.25, -0.2) is 4.68 Å². The molecule has 0 saturated carbocycles. The van der Waals surface area contributed by atoms with Gasteiger partial charge in [0.1, 0.15) is 6.54 Å². The Labute approximate surface area is 169 Å².